The summed E-state index contributed by atoms with van der Waals surface area (Å²) in [5, 5.41) is 1.37. The Hall–Kier alpha value is -0.900. The molecule has 0 saturated carbocycles. The molecule has 2 aromatic rings. The quantitative estimate of drug-likeness (QED) is 0.809. The Bertz CT molecular complexity index is 476. The van der Waals surface area contributed by atoms with Gasteiger partial charge in [-0.2, -0.15) is 0 Å². The number of aryl methyl sites for hydroxylation is 2. The summed E-state index contributed by atoms with van der Waals surface area (Å²) in [7, 11) is 0. The van der Waals surface area contributed by atoms with Crippen molar-refractivity contribution >= 4 is 21.4 Å². The maximum atomic E-state index is 5.02. The summed E-state index contributed by atoms with van der Waals surface area (Å²) in [5.74, 6) is 5.02. The second-order valence-electron chi connectivity index (χ2n) is 3.73. The number of thiophene rings is 1. The summed E-state index contributed by atoms with van der Waals surface area (Å²) in [6.45, 7) is 4.92. The van der Waals surface area contributed by atoms with Crippen molar-refractivity contribution in [3.63, 3.8) is 0 Å². The van der Waals surface area contributed by atoms with E-state index in [9.17, 15) is 0 Å². The molecule has 15 heavy (non-hydrogen) atoms. The Kier molecular flexibility index (Phi) is 3.05. The fourth-order valence-corrected chi connectivity index (χ4v) is 2.86. The third-order valence-electron chi connectivity index (χ3n) is 2.75. The van der Waals surface area contributed by atoms with Gasteiger partial charge in [0, 0.05) is 9.58 Å². The molecule has 0 aliphatic carbocycles. The lowest BCUT2D eigenvalue weighted by atomic mass is 10.1. The average Bonchev–Trinajstić information content (AvgIpc) is 2.52. The fraction of sp³-hybridized carbons (Fsp3) is 0.333. The van der Waals surface area contributed by atoms with E-state index in [1.807, 2.05) is 11.3 Å². The van der Waals surface area contributed by atoms with Gasteiger partial charge in [-0.3, -0.25) is 0 Å². The van der Waals surface area contributed by atoms with E-state index < -0.39 is 0 Å². The van der Waals surface area contributed by atoms with E-state index >= 15 is 0 Å². The van der Waals surface area contributed by atoms with Gasteiger partial charge in [0.1, 0.15) is 0 Å². The largest absolute Gasteiger partial charge is 0.304 e. The first-order valence-electron chi connectivity index (χ1n) is 5.02. The van der Waals surface area contributed by atoms with Crippen molar-refractivity contribution in [1.82, 2.24) is 0 Å². The van der Waals surface area contributed by atoms with Crippen LogP contribution in [0.25, 0.3) is 10.1 Å². The van der Waals surface area contributed by atoms with Crippen LogP contribution >= 0.6 is 11.3 Å². The molecular formula is C12H15NOS. The molecule has 0 saturated heterocycles. The number of rotatable bonds is 3. The molecule has 80 valence electrons. The molecule has 0 unspecified atom stereocenters. The lowest BCUT2D eigenvalue weighted by molar-refractivity contribution is 0.141. The maximum absolute atomic E-state index is 5.02. The van der Waals surface area contributed by atoms with E-state index in [2.05, 4.69) is 36.9 Å². The Morgan fingerprint density at radius 1 is 1.33 bits per heavy atom. The van der Waals surface area contributed by atoms with Gasteiger partial charge in [0.05, 0.1) is 6.61 Å². The van der Waals surface area contributed by atoms with Crippen molar-refractivity contribution in [2.45, 2.75) is 20.3 Å². The number of benzene rings is 1. The average molecular weight is 221 g/mol. The minimum atomic E-state index is 0.578. The zero-order valence-electron chi connectivity index (χ0n) is 9.04. The first-order valence-corrected chi connectivity index (χ1v) is 5.84. The zero-order valence-corrected chi connectivity index (χ0v) is 9.86. The topological polar surface area (TPSA) is 35.2 Å². The van der Waals surface area contributed by atoms with Crippen molar-refractivity contribution in [1.29, 1.82) is 0 Å². The molecule has 0 amide bonds. The molecule has 1 heterocycles. The second-order valence-corrected chi connectivity index (χ2v) is 4.99. The molecular weight excluding hydrogens is 206 g/mol. The summed E-state index contributed by atoms with van der Waals surface area (Å²) in [6.07, 6.45) is 0.877. The highest BCUT2D eigenvalue weighted by atomic mass is 32.1. The third kappa shape index (κ3) is 2.04. The molecule has 0 atom stereocenters. The van der Waals surface area contributed by atoms with Crippen LogP contribution < -0.4 is 5.90 Å². The number of nitrogens with two attached hydrogens (primary N) is 1. The van der Waals surface area contributed by atoms with E-state index in [4.69, 9.17) is 5.90 Å². The lowest BCUT2D eigenvalue weighted by Crippen LogP contribution is -2.03. The summed E-state index contributed by atoms with van der Waals surface area (Å²) in [6, 6.07) is 6.58. The molecule has 0 radical (unpaired) electrons. The van der Waals surface area contributed by atoms with Crippen LogP contribution in [0.1, 0.15) is 16.0 Å². The van der Waals surface area contributed by atoms with E-state index in [0.29, 0.717) is 6.61 Å². The number of hydrogen-bond donors (Lipinski definition) is 1. The van der Waals surface area contributed by atoms with Crippen LogP contribution in [-0.4, -0.2) is 6.61 Å². The van der Waals surface area contributed by atoms with Gasteiger partial charge < -0.3 is 4.84 Å². The van der Waals surface area contributed by atoms with Gasteiger partial charge in [-0.15, -0.1) is 11.3 Å². The lowest BCUT2D eigenvalue weighted by Gasteiger charge is -2.00. The normalized spacial score (nSPS) is 11.1. The van der Waals surface area contributed by atoms with Crippen molar-refractivity contribution < 1.29 is 4.84 Å². The van der Waals surface area contributed by atoms with Gasteiger partial charge in [0.25, 0.3) is 0 Å². The minimum absolute atomic E-state index is 0.578. The standard InChI is InChI=1S/C12H15NOS/c1-8-9(2)15-12-7-10(5-6-14-13)3-4-11(8)12/h3-4,7H,5-6,13H2,1-2H3. The molecule has 3 heteroatoms. The van der Waals surface area contributed by atoms with Gasteiger partial charge in [-0.05, 0) is 42.8 Å². The highest BCUT2D eigenvalue weighted by molar-refractivity contribution is 7.19. The fourth-order valence-electron chi connectivity index (χ4n) is 1.72. The van der Waals surface area contributed by atoms with Crippen LogP contribution in [0.15, 0.2) is 18.2 Å². The summed E-state index contributed by atoms with van der Waals surface area (Å²) in [4.78, 5) is 5.99. The Morgan fingerprint density at radius 3 is 2.87 bits per heavy atom. The molecule has 0 bridgehead atoms. The van der Waals surface area contributed by atoms with Crippen LogP contribution in [-0.2, 0) is 11.3 Å². The van der Waals surface area contributed by atoms with E-state index in [1.54, 1.807) is 0 Å². The van der Waals surface area contributed by atoms with Crippen LogP contribution in [0.3, 0.4) is 0 Å². The van der Waals surface area contributed by atoms with Crippen molar-refractivity contribution in [3.8, 4) is 0 Å². The first kappa shape index (κ1) is 10.6. The van der Waals surface area contributed by atoms with Gasteiger partial charge >= 0.3 is 0 Å². The minimum Gasteiger partial charge on any atom is -0.304 e. The molecule has 1 aromatic heterocycles. The predicted molar refractivity (Wildman–Crippen MR) is 65.1 cm³/mol. The maximum Gasteiger partial charge on any atom is 0.0719 e. The third-order valence-corrected chi connectivity index (χ3v) is 3.92. The molecule has 0 aliphatic heterocycles. The van der Waals surface area contributed by atoms with Crippen LogP contribution in [0, 0.1) is 13.8 Å². The number of fused-ring (bicyclic) bond motifs is 1. The van der Waals surface area contributed by atoms with Gasteiger partial charge in [0.2, 0.25) is 0 Å². The smallest absolute Gasteiger partial charge is 0.0719 e. The highest BCUT2D eigenvalue weighted by Gasteiger charge is 2.05. The van der Waals surface area contributed by atoms with Gasteiger partial charge in [0.15, 0.2) is 0 Å². The van der Waals surface area contributed by atoms with Crippen molar-refractivity contribution in [2.24, 2.45) is 5.90 Å². The van der Waals surface area contributed by atoms with Crippen LogP contribution in [0.2, 0.25) is 0 Å². The molecule has 2 rings (SSSR count). The van der Waals surface area contributed by atoms with E-state index in [0.717, 1.165) is 6.42 Å². The van der Waals surface area contributed by atoms with Crippen LogP contribution in [0.5, 0.6) is 0 Å². The molecule has 2 N–H and O–H groups in total. The highest BCUT2D eigenvalue weighted by Crippen LogP contribution is 2.30. The first-order chi connectivity index (χ1) is 7.22. The van der Waals surface area contributed by atoms with E-state index in [1.165, 1.54) is 26.1 Å². The Balaban J connectivity index is 2.39. The summed E-state index contributed by atoms with van der Waals surface area (Å²) < 4.78 is 1.36. The molecule has 0 fully saturated rings. The Labute approximate surface area is 93.6 Å². The van der Waals surface area contributed by atoms with Crippen molar-refractivity contribution in [2.75, 3.05) is 6.61 Å². The molecule has 0 spiro atoms. The number of hydrogen-bond acceptors (Lipinski definition) is 3. The zero-order chi connectivity index (χ0) is 10.8. The van der Waals surface area contributed by atoms with Crippen LogP contribution in [0.4, 0.5) is 0 Å². The monoisotopic (exact) mass is 221 g/mol. The second kappa shape index (κ2) is 4.31. The SMILES string of the molecule is Cc1sc2cc(CCON)ccc2c1C. The van der Waals surface area contributed by atoms with E-state index in [-0.39, 0.29) is 0 Å². The summed E-state index contributed by atoms with van der Waals surface area (Å²) in [5.41, 5.74) is 2.69. The molecule has 2 nitrogen and oxygen atoms in total. The molecule has 1 aromatic carbocycles. The summed E-state index contributed by atoms with van der Waals surface area (Å²) >= 11 is 1.85. The predicted octanol–water partition coefficient (Wildman–Crippen LogP) is 2.95. The van der Waals surface area contributed by atoms with Gasteiger partial charge in [-0.25, -0.2) is 5.90 Å². The van der Waals surface area contributed by atoms with Crippen molar-refractivity contribution in [3.05, 3.63) is 34.2 Å². The van der Waals surface area contributed by atoms with Gasteiger partial charge in [-0.1, -0.05) is 12.1 Å². The Morgan fingerprint density at radius 2 is 2.13 bits per heavy atom. The molecule has 0 aliphatic rings.